The van der Waals surface area contributed by atoms with Gasteiger partial charge in [0.15, 0.2) is 0 Å². The van der Waals surface area contributed by atoms with Crippen molar-refractivity contribution in [1.29, 1.82) is 0 Å². The van der Waals surface area contributed by atoms with Crippen LogP contribution in [-0.4, -0.2) is 31.8 Å². The summed E-state index contributed by atoms with van der Waals surface area (Å²) in [5.74, 6) is -0.00798. The molecule has 1 saturated carbocycles. The van der Waals surface area contributed by atoms with Gasteiger partial charge in [0.2, 0.25) is 10.0 Å². The van der Waals surface area contributed by atoms with Crippen molar-refractivity contribution in [2.75, 3.05) is 13.2 Å². The molecule has 0 atom stereocenters. The van der Waals surface area contributed by atoms with E-state index >= 15 is 0 Å². The quantitative estimate of drug-likeness (QED) is 0.470. The van der Waals surface area contributed by atoms with E-state index in [4.69, 9.17) is 16.3 Å². The van der Waals surface area contributed by atoms with Gasteiger partial charge in [-0.15, -0.1) is 0 Å². The first-order valence-electron chi connectivity index (χ1n) is 11.2. The first-order chi connectivity index (χ1) is 15.2. The van der Waals surface area contributed by atoms with Crippen molar-refractivity contribution in [2.24, 2.45) is 11.8 Å². The molecule has 2 aromatic rings. The second-order valence-electron chi connectivity index (χ2n) is 8.66. The number of sulfonamides is 1. The van der Waals surface area contributed by atoms with Gasteiger partial charge < -0.3 is 4.74 Å². The van der Waals surface area contributed by atoms with E-state index in [1.165, 1.54) is 0 Å². The number of aryl methyl sites for hydroxylation is 2. The maximum atomic E-state index is 13.7. The number of hydrogen-bond acceptors (Lipinski definition) is 4. The van der Waals surface area contributed by atoms with Crippen molar-refractivity contribution >= 4 is 27.6 Å². The maximum Gasteiger partial charge on any atom is 0.308 e. The number of halogens is 1. The summed E-state index contributed by atoms with van der Waals surface area (Å²) in [6.07, 6.45) is 3.09. The molecule has 174 valence electrons. The molecule has 3 rings (SSSR count). The summed E-state index contributed by atoms with van der Waals surface area (Å²) in [5.41, 5.74) is 2.54. The maximum absolute atomic E-state index is 13.7. The summed E-state index contributed by atoms with van der Waals surface area (Å²) in [6.45, 7) is 6.65. The minimum Gasteiger partial charge on any atom is -0.466 e. The van der Waals surface area contributed by atoms with Gasteiger partial charge in [-0.3, -0.25) is 4.79 Å². The zero-order valence-corrected chi connectivity index (χ0v) is 20.6. The molecule has 0 unspecified atom stereocenters. The fourth-order valence-corrected chi connectivity index (χ4v) is 6.23. The minimum absolute atomic E-state index is 0.0773. The molecule has 0 heterocycles. The van der Waals surface area contributed by atoms with Crippen molar-refractivity contribution < 1.29 is 17.9 Å². The summed E-state index contributed by atoms with van der Waals surface area (Å²) >= 11 is 6.02. The number of esters is 1. The standard InChI is InChI=1S/C25H32ClNO4S/c1-4-31-25(28)22-11-7-20(8-12-22)16-27(17-21-9-13-23(26)14-10-21)32(29,30)24-15-18(2)5-6-19(24)3/h5-6,9-10,13-15,20,22H,4,7-8,11-12,16-17H2,1-3H3. The van der Waals surface area contributed by atoms with Crippen molar-refractivity contribution in [3.05, 3.63) is 64.2 Å². The summed E-state index contributed by atoms with van der Waals surface area (Å²) in [6, 6.07) is 12.8. The highest BCUT2D eigenvalue weighted by atomic mass is 35.5. The number of nitrogens with zero attached hydrogens (tertiary/aromatic N) is 1. The second kappa shape index (κ2) is 10.8. The Hall–Kier alpha value is -1.89. The Morgan fingerprint density at radius 1 is 1.06 bits per heavy atom. The van der Waals surface area contributed by atoms with Gasteiger partial charge in [0.05, 0.1) is 17.4 Å². The van der Waals surface area contributed by atoms with Gasteiger partial charge in [0.25, 0.3) is 0 Å². The van der Waals surface area contributed by atoms with E-state index in [0.717, 1.165) is 42.4 Å². The SMILES string of the molecule is CCOC(=O)C1CCC(CN(Cc2ccc(Cl)cc2)S(=O)(=O)c2cc(C)ccc2C)CC1. The third-order valence-electron chi connectivity index (χ3n) is 6.16. The summed E-state index contributed by atoms with van der Waals surface area (Å²) in [4.78, 5) is 12.4. The lowest BCUT2D eigenvalue weighted by Crippen LogP contribution is -2.37. The second-order valence-corrected chi connectivity index (χ2v) is 11.0. The predicted octanol–water partition coefficient (Wildman–Crippen LogP) is 5.52. The molecule has 2 aromatic carbocycles. The van der Waals surface area contributed by atoms with E-state index in [1.54, 1.807) is 22.5 Å². The molecule has 1 aliphatic carbocycles. The van der Waals surface area contributed by atoms with E-state index in [-0.39, 0.29) is 24.3 Å². The van der Waals surface area contributed by atoms with Crippen LogP contribution in [0.25, 0.3) is 0 Å². The fraction of sp³-hybridized carbons (Fsp3) is 0.480. The van der Waals surface area contributed by atoms with Crippen LogP contribution in [0.5, 0.6) is 0 Å². The normalized spacial score (nSPS) is 19.2. The number of benzene rings is 2. The van der Waals surface area contributed by atoms with Gasteiger partial charge in [-0.1, -0.05) is 35.9 Å². The third-order valence-corrected chi connectivity index (χ3v) is 8.37. The molecule has 32 heavy (non-hydrogen) atoms. The Labute approximate surface area is 196 Å². The fourth-order valence-electron chi connectivity index (χ4n) is 4.29. The van der Waals surface area contributed by atoms with Gasteiger partial charge in [-0.05, 0) is 87.3 Å². The van der Waals surface area contributed by atoms with E-state index in [2.05, 4.69) is 0 Å². The molecule has 5 nitrogen and oxygen atoms in total. The van der Waals surface area contributed by atoms with E-state index in [9.17, 15) is 13.2 Å². The summed E-state index contributed by atoms with van der Waals surface area (Å²) < 4.78 is 34.2. The largest absolute Gasteiger partial charge is 0.466 e. The predicted molar refractivity (Wildman–Crippen MR) is 127 cm³/mol. The molecule has 0 N–H and O–H groups in total. The topological polar surface area (TPSA) is 63.7 Å². The molecule has 0 amide bonds. The van der Waals surface area contributed by atoms with Crippen LogP contribution < -0.4 is 0 Å². The van der Waals surface area contributed by atoms with Gasteiger partial charge in [0, 0.05) is 18.1 Å². The average Bonchev–Trinajstić information content (AvgIpc) is 2.77. The Bertz CT molecular complexity index is 1030. The average molecular weight is 478 g/mol. The summed E-state index contributed by atoms with van der Waals surface area (Å²) in [7, 11) is -3.69. The van der Waals surface area contributed by atoms with Crippen molar-refractivity contribution in [2.45, 2.75) is 57.9 Å². The highest BCUT2D eigenvalue weighted by Gasteiger charge is 2.32. The lowest BCUT2D eigenvalue weighted by atomic mass is 9.82. The zero-order chi connectivity index (χ0) is 23.3. The first-order valence-corrected chi connectivity index (χ1v) is 13.0. The van der Waals surface area contributed by atoms with Crippen LogP contribution >= 0.6 is 11.6 Å². The van der Waals surface area contributed by atoms with Crippen LogP contribution in [0.2, 0.25) is 5.02 Å². The molecule has 0 spiro atoms. The lowest BCUT2D eigenvalue weighted by molar-refractivity contribution is -0.149. The minimum atomic E-state index is -3.69. The molecule has 0 bridgehead atoms. The number of rotatable bonds is 8. The highest BCUT2D eigenvalue weighted by molar-refractivity contribution is 7.89. The molecular formula is C25H32ClNO4S. The molecule has 7 heteroatoms. The Balaban J connectivity index is 1.82. The Kier molecular flexibility index (Phi) is 8.37. The lowest BCUT2D eigenvalue weighted by Gasteiger charge is -2.32. The van der Waals surface area contributed by atoms with Gasteiger partial charge in [0.1, 0.15) is 0 Å². The molecule has 1 aliphatic rings. The van der Waals surface area contributed by atoms with E-state index in [1.807, 2.05) is 45.0 Å². The Morgan fingerprint density at radius 2 is 1.72 bits per heavy atom. The Morgan fingerprint density at radius 3 is 2.34 bits per heavy atom. The van der Waals surface area contributed by atoms with Crippen LogP contribution in [0.4, 0.5) is 0 Å². The third kappa shape index (κ3) is 6.12. The van der Waals surface area contributed by atoms with Gasteiger partial charge >= 0.3 is 5.97 Å². The molecule has 1 fully saturated rings. The molecule has 0 aromatic heterocycles. The molecule has 0 aliphatic heterocycles. The molecular weight excluding hydrogens is 446 g/mol. The van der Waals surface area contributed by atoms with Gasteiger partial charge in [-0.2, -0.15) is 4.31 Å². The monoisotopic (exact) mass is 477 g/mol. The van der Waals surface area contributed by atoms with Crippen molar-refractivity contribution in [3.8, 4) is 0 Å². The highest BCUT2D eigenvalue weighted by Crippen LogP contribution is 2.32. The van der Waals surface area contributed by atoms with E-state index in [0.29, 0.717) is 23.1 Å². The number of hydrogen-bond donors (Lipinski definition) is 0. The van der Waals surface area contributed by atoms with Crippen LogP contribution in [0.1, 0.15) is 49.3 Å². The van der Waals surface area contributed by atoms with Crippen molar-refractivity contribution in [3.63, 3.8) is 0 Å². The summed E-state index contributed by atoms with van der Waals surface area (Å²) in [5, 5.41) is 0.620. The number of carbonyl (C=O) groups is 1. The van der Waals surface area contributed by atoms with Crippen LogP contribution in [0.3, 0.4) is 0 Å². The number of ether oxygens (including phenoxy) is 1. The van der Waals surface area contributed by atoms with Gasteiger partial charge in [-0.25, -0.2) is 8.42 Å². The molecule has 0 radical (unpaired) electrons. The van der Waals surface area contributed by atoms with Crippen LogP contribution in [0.15, 0.2) is 47.4 Å². The van der Waals surface area contributed by atoms with Crippen molar-refractivity contribution in [1.82, 2.24) is 4.31 Å². The smallest absolute Gasteiger partial charge is 0.308 e. The van der Waals surface area contributed by atoms with Crippen LogP contribution in [0, 0.1) is 25.7 Å². The first kappa shape index (κ1) is 24.7. The van der Waals surface area contributed by atoms with E-state index < -0.39 is 10.0 Å². The zero-order valence-electron chi connectivity index (χ0n) is 19.0. The molecule has 0 saturated heterocycles. The number of carbonyl (C=O) groups excluding carboxylic acids is 1. The van der Waals surface area contributed by atoms with Crippen LogP contribution in [-0.2, 0) is 26.1 Å².